The predicted octanol–water partition coefficient (Wildman–Crippen LogP) is 5.95. The third-order valence-corrected chi connectivity index (χ3v) is 6.02. The lowest BCUT2D eigenvalue weighted by Crippen LogP contribution is -2.37. The molecule has 5 rings (SSSR count). The van der Waals surface area contributed by atoms with E-state index < -0.39 is 0 Å². The summed E-state index contributed by atoms with van der Waals surface area (Å²) in [5.74, 6) is 0.875. The van der Waals surface area contributed by atoms with Gasteiger partial charge in [0.15, 0.2) is 5.69 Å². The highest BCUT2D eigenvalue weighted by molar-refractivity contribution is 5.71. The topological polar surface area (TPSA) is 13.1 Å². The van der Waals surface area contributed by atoms with Gasteiger partial charge in [-0.2, -0.15) is 4.57 Å². The molecule has 3 aromatic carbocycles. The van der Waals surface area contributed by atoms with Gasteiger partial charge in [0.2, 0.25) is 11.4 Å². The Hall–Kier alpha value is -3.39. The van der Waals surface area contributed by atoms with E-state index in [-0.39, 0.29) is 5.41 Å². The van der Waals surface area contributed by atoms with Crippen LogP contribution in [0.3, 0.4) is 0 Å². The van der Waals surface area contributed by atoms with Crippen LogP contribution in [0.25, 0.3) is 28.1 Å². The van der Waals surface area contributed by atoms with Gasteiger partial charge < -0.3 is 4.74 Å². The number of para-hydroxylation sites is 1. The molecule has 0 aliphatic carbocycles. The maximum Gasteiger partial charge on any atom is 0.219 e. The summed E-state index contributed by atoms with van der Waals surface area (Å²) in [7, 11) is 1.70. The van der Waals surface area contributed by atoms with E-state index >= 15 is 0 Å². The number of ether oxygens (including phenoxy) is 1. The van der Waals surface area contributed by atoms with Crippen molar-refractivity contribution >= 4 is 0 Å². The zero-order valence-electron chi connectivity index (χ0n) is 17.0. The van der Waals surface area contributed by atoms with Gasteiger partial charge in [0, 0.05) is 29.3 Å². The fourth-order valence-corrected chi connectivity index (χ4v) is 4.42. The SMILES string of the molecule is COc1ccc(-c2cc(-c3ccccc3)[n+]3c(c2)C(C)(C)c2ccccc2-3)cc1. The predicted molar refractivity (Wildman–Crippen MR) is 118 cm³/mol. The average molecular weight is 378 g/mol. The molecule has 2 nitrogen and oxygen atoms in total. The first-order valence-electron chi connectivity index (χ1n) is 10.00. The molecule has 0 unspecified atom stereocenters. The van der Waals surface area contributed by atoms with Gasteiger partial charge in [0.1, 0.15) is 5.75 Å². The van der Waals surface area contributed by atoms with E-state index in [1.54, 1.807) is 7.11 Å². The van der Waals surface area contributed by atoms with Crippen molar-refractivity contribution in [3.63, 3.8) is 0 Å². The molecule has 29 heavy (non-hydrogen) atoms. The van der Waals surface area contributed by atoms with E-state index in [4.69, 9.17) is 4.74 Å². The first-order chi connectivity index (χ1) is 14.1. The lowest BCUT2D eigenvalue weighted by atomic mass is 9.82. The molecule has 0 radical (unpaired) electrons. The molecule has 2 heterocycles. The molecule has 0 N–H and O–H groups in total. The summed E-state index contributed by atoms with van der Waals surface area (Å²) in [4.78, 5) is 0. The van der Waals surface area contributed by atoms with Crippen LogP contribution in [0.15, 0.2) is 91.0 Å². The van der Waals surface area contributed by atoms with Crippen molar-refractivity contribution < 1.29 is 9.30 Å². The van der Waals surface area contributed by atoms with E-state index in [2.05, 4.69) is 97.3 Å². The quantitative estimate of drug-likeness (QED) is 0.402. The van der Waals surface area contributed by atoms with Gasteiger partial charge in [-0.15, -0.1) is 0 Å². The summed E-state index contributed by atoms with van der Waals surface area (Å²) >= 11 is 0. The lowest BCUT2D eigenvalue weighted by Gasteiger charge is -2.16. The van der Waals surface area contributed by atoms with Crippen molar-refractivity contribution in [2.45, 2.75) is 19.3 Å². The van der Waals surface area contributed by atoms with Crippen LogP contribution in [0.2, 0.25) is 0 Å². The molecule has 0 spiro atoms. The van der Waals surface area contributed by atoms with E-state index in [1.165, 1.54) is 39.3 Å². The monoisotopic (exact) mass is 378 g/mol. The van der Waals surface area contributed by atoms with E-state index in [0.717, 1.165) is 5.75 Å². The fourth-order valence-electron chi connectivity index (χ4n) is 4.42. The summed E-state index contributed by atoms with van der Waals surface area (Å²) < 4.78 is 7.77. The third kappa shape index (κ3) is 2.75. The van der Waals surface area contributed by atoms with Gasteiger partial charge in [0.25, 0.3) is 0 Å². The summed E-state index contributed by atoms with van der Waals surface area (Å²) in [5.41, 5.74) is 8.73. The second kappa shape index (κ2) is 6.59. The first-order valence-corrected chi connectivity index (χ1v) is 10.00. The maximum atomic E-state index is 5.34. The molecular formula is C27H24NO+. The molecule has 1 aliphatic rings. The highest BCUT2D eigenvalue weighted by Crippen LogP contribution is 2.41. The lowest BCUT2D eigenvalue weighted by molar-refractivity contribution is -0.588. The summed E-state index contributed by atoms with van der Waals surface area (Å²) in [6, 6.07) is 32.4. The number of methoxy groups -OCH3 is 1. The zero-order valence-corrected chi connectivity index (χ0v) is 17.0. The smallest absolute Gasteiger partial charge is 0.219 e. The highest BCUT2D eigenvalue weighted by atomic mass is 16.5. The van der Waals surface area contributed by atoms with E-state index in [9.17, 15) is 0 Å². The summed E-state index contributed by atoms with van der Waals surface area (Å²) in [5, 5.41) is 0. The summed E-state index contributed by atoms with van der Waals surface area (Å²) in [6.07, 6.45) is 0. The highest BCUT2D eigenvalue weighted by Gasteiger charge is 2.45. The van der Waals surface area contributed by atoms with Crippen LogP contribution >= 0.6 is 0 Å². The van der Waals surface area contributed by atoms with Crippen molar-refractivity contribution in [1.82, 2.24) is 0 Å². The normalized spacial score (nSPS) is 13.6. The molecule has 1 aliphatic heterocycles. The molecule has 0 amide bonds. The largest absolute Gasteiger partial charge is 0.497 e. The number of hydrogen-bond acceptors (Lipinski definition) is 1. The Bertz CT molecular complexity index is 1190. The van der Waals surface area contributed by atoms with Gasteiger partial charge in [-0.05, 0) is 49.2 Å². The molecule has 0 fully saturated rings. The first kappa shape index (κ1) is 17.7. The van der Waals surface area contributed by atoms with Crippen LogP contribution < -0.4 is 9.30 Å². The van der Waals surface area contributed by atoms with Crippen molar-refractivity contribution in [1.29, 1.82) is 0 Å². The minimum absolute atomic E-state index is 0.0669. The van der Waals surface area contributed by atoms with Gasteiger partial charge >= 0.3 is 0 Å². The minimum atomic E-state index is -0.0669. The number of aromatic nitrogens is 1. The van der Waals surface area contributed by atoms with Gasteiger partial charge in [0.05, 0.1) is 12.5 Å². The molecule has 0 saturated heterocycles. The number of benzene rings is 3. The summed E-state index contributed by atoms with van der Waals surface area (Å²) in [6.45, 7) is 4.63. The van der Waals surface area contributed by atoms with Gasteiger partial charge in [-0.25, -0.2) is 0 Å². The van der Waals surface area contributed by atoms with Crippen molar-refractivity contribution in [2.75, 3.05) is 7.11 Å². The Kier molecular flexibility index (Phi) is 4.02. The van der Waals surface area contributed by atoms with Crippen LogP contribution in [-0.4, -0.2) is 7.11 Å². The van der Waals surface area contributed by atoms with Gasteiger partial charge in [-0.1, -0.05) is 48.5 Å². The molecule has 2 heteroatoms. The molecule has 142 valence electrons. The molecule has 4 aromatic rings. The maximum absolute atomic E-state index is 5.34. The number of hydrogen-bond donors (Lipinski definition) is 0. The minimum Gasteiger partial charge on any atom is -0.497 e. The van der Waals surface area contributed by atoms with Crippen molar-refractivity contribution in [3.8, 4) is 33.8 Å². The second-order valence-corrected chi connectivity index (χ2v) is 8.09. The van der Waals surface area contributed by atoms with Crippen molar-refractivity contribution in [2.24, 2.45) is 0 Å². The molecule has 0 bridgehead atoms. The molecule has 0 atom stereocenters. The van der Waals surface area contributed by atoms with Crippen LogP contribution in [0.4, 0.5) is 0 Å². The van der Waals surface area contributed by atoms with Gasteiger partial charge in [-0.3, -0.25) is 0 Å². The number of pyridine rings is 1. The Balaban J connectivity index is 1.81. The Morgan fingerprint density at radius 1 is 0.690 bits per heavy atom. The number of nitrogens with zero attached hydrogens (tertiary/aromatic N) is 1. The average Bonchev–Trinajstić information content (AvgIpc) is 3.01. The number of rotatable bonds is 3. The molecular weight excluding hydrogens is 354 g/mol. The Labute approximate surface area is 172 Å². The Morgan fingerprint density at radius 2 is 1.38 bits per heavy atom. The Morgan fingerprint density at radius 3 is 2.10 bits per heavy atom. The van der Waals surface area contributed by atoms with E-state index in [1.807, 2.05) is 12.1 Å². The fraction of sp³-hybridized carbons (Fsp3) is 0.148. The second-order valence-electron chi connectivity index (χ2n) is 8.09. The van der Waals surface area contributed by atoms with E-state index in [0.29, 0.717) is 0 Å². The molecule has 0 saturated carbocycles. The van der Waals surface area contributed by atoms with Crippen molar-refractivity contribution in [3.05, 3.63) is 102 Å². The third-order valence-electron chi connectivity index (χ3n) is 6.02. The standard InChI is InChI=1S/C27H24NO/c1-27(2)23-11-7-8-12-24(23)28-25(20-9-5-4-6-10-20)17-21(18-26(27)28)19-13-15-22(29-3)16-14-19/h4-18H,1-3H3/q+1. The number of fused-ring (bicyclic) bond motifs is 3. The molecule has 1 aromatic heterocycles. The van der Waals surface area contributed by atoms with Crippen LogP contribution in [0.5, 0.6) is 5.75 Å². The van der Waals surface area contributed by atoms with Crippen LogP contribution in [-0.2, 0) is 5.41 Å². The van der Waals surface area contributed by atoms with Crippen LogP contribution in [0.1, 0.15) is 25.1 Å². The zero-order chi connectivity index (χ0) is 20.0. The van der Waals surface area contributed by atoms with Crippen LogP contribution in [0, 0.1) is 0 Å².